The molecule has 0 aliphatic rings. The molecule has 0 amide bonds. The highest BCUT2D eigenvalue weighted by molar-refractivity contribution is 6.11. The zero-order valence-corrected chi connectivity index (χ0v) is 43.2. The summed E-state index contributed by atoms with van der Waals surface area (Å²) in [6, 6.07) is 89.0. The highest BCUT2D eigenvalue weighted by Crippen LogP contribution is 2.41. The molecule has 0 spiro atoms. The van der Waals surface area contributed by atoms with Gasteiger partial charge in [0.05, 0.1) is 22.7 Å². The maximum Gasteiger partial charge on any atom is 0.164 e. The van der Waals surface area contributed by atoms with Gasteiger partial charge in [-0.1, -0.05) is 224 Å². The average Bonchev–Trinajstić information content (AvgIpc) is 3.93. The van der Waals surface area contributed by atoms with Gasteiger partial charge < -0.3 is 4.57 Å². The quantitative estimate of drug-likeness (QED) is 0.123. The second-order valence-electron chi connectivity index (χ2n) is 19.3. The van der Waals surface area contributed by atoms with Crippen molar-refractivity contribution < 1.29 is 0 Å². The summed E-state index contributed by atoms with van der Waals surface area (Å²) in [5, 5.41) is 11.9. The second kappa shape index (κ2) is 20.8. The normalized spacial score (nSPS) is 11.2. The summed E-state index contributed by atoms with van der Waals surface area (Å²) in [4.78, 5) is 46.3. The minimum atomic E-state index is 0.477. The molecule has 0 aliphatic carbocycles. The number of rotatable bonds is 11. The van der Waals surface area contributed by atoms with Gasteiger partial charge in [-0.25, -0.2) is 44.9 Å². The lowest BCUT2D eigenvalue weighted by Crippen LogP contribution is -2.03. The molecular formula is C70H43N11. The number of hydrogen-bond acceptors (Lipinski definition) is 10. The molecule has 11 nitrogen and oxygen atoms in total. The van der Waals surface area contributed by atoms with Crippen molar-refractivity contribution in [2.24, 2.45) is 0 Å². The molecule has 0 saturated carbocycles. The first-order chi connectivity index (χ1) is 40.1. The van der Waals surface area contributed by atoms with E-state index in [1.54, 1.807) is 0 Å². The van der Waals surface area contributed by atoms with Crippen molar-refractivity contribution in [3.63, 3.8) is 0 Å². The first kappa shape index (κ1) is 47.9. The highest BCUT2D eigenvalue weighted by atomic mass is 15.1. The fourth-order valence-electron chi connectivity index (χ4n) is 10.2. The topological polar surface area (TPSA) is 145 Å². The molecule has 0 N–H and O–H groups in total. The lowest BCUT2D eigenvalue weighted by molar-refractivity contribution is 1.07. The Labute approximate surface area is 466 Å². The molecule has 0 atom stereocenters. The van der Waals surface area contributed by atoms with E-state index >= 15 is 0 Å². The van der Waals surface area contributed by atoms with Gasteiger partial charge in [0.25, 0.3) is 0 Å². The molecular weight excluding hydrogens is 995 g/mol. The Balaban J connectivity index is 1.04. The van der Waals surface area contributed by atoms with E-state index < -0.39 is 0 Å². The van der Waals surface area contributed by atoms with Crippen LogP contribution in [0, 0.1) is 11.3 Å². The third-order valence-corrected chi connectivity index (χ3v) is 14.2. The summed E-state index contributed by atoms with van der Waals surface area (Å²) in [5.74, 6) is 4.86. The van der Waals surface area contributed by atoms with Gasteiger partial charge in [-0.15, -0.1) is 0 Å². The molecule has 0 unspecified atom stereocenters. The molecule has 0 fully saturated rings. The van der Waals surface area contributed by atoms with Crippen LogP contribution in [-0.2, 0) is 0 Å². The highest BCUT2D eigenvalue weighted by Gasteiger charge is 2.22. The van der Waals surface area contributed by atoms with Crippen LogP contribution in [0.4, 0.5) is 0 Å². The number of fused-ring (bicyclic) bond motifs is 3. The van der Waals surface area contributed by atoms with Crippen LogP contribution in [0.5, 0.6) is 0 Å². The molecule has 4 aromatic heterocycles. The van der Waals surface area contributed by atoms with Gasteiger partial charge in [-0.05, 0) is 47.5 Å². The summed E-state index contributed by atoms with van der Waals surface area (Å²) in [6.45, 7) is 0. The molecule has 0 saturated heterocycles. The van der Waals surface area contributed by atoms with Gasteiger partial charge in [0.15, 0.2) is 52.4 Å². The number of benzene rings is 10. The minimum absolute atomic E-state index is 0.477. The minimum Gasteiger partial charge on any atom is -0.309 e. The third-order valence-electron chi connectivity index (χ3n) is 14.2. The van der Waals surface area contributed by atoms with E-state index in [9.17, 15) is 5.26 Å². The molecule has 0 aliphatic heterocycles. The molecule has 14 aromatic rings. The smallest absolute Gasteiger partial charge is 0.164 e. The van der Waals surface area contributed by atoms with Gasteiger partial charge in [0.1, 0.15) is 0 Å². The number of nitriles is 1. The van der Waals surface area contributed by atoms with E-state index in [1.807, 2.05) is 206 Å². The Kier molecular flexibility index (Phi) is 12.3. The summed E-state index contributed by atoms with van der Waals surface area (Å²) < 4.78 is 2.27. The number of aromatic nitrogens is 10. The predicted molar refractivity (Wildman–Crippen MR) is 320 cm³/mol. The maximum absolute atomic E-state index is 9.87. The van der Waals surface area contributed by atoms with E-state index in [2.05, 4.69) is 65.2 Å². The largest absolute Gasteiger partial charge is 0.309 e. The van der Waals surface area contributed by atoms with Gasteiger partial charge in [0, 0.05) is 66.5 Å². The average molecular weight is 1040 g/mol. The van der Waals surface area contributed by atoms with Gasteiger partial charge in [-0.2, -0.15) is 5.26 Å². The van der Waals surface area contributed by atoms with E-state index in [0.717, 1.165) is 88.7 Å². The van der Waals surface area contributed by atoms with Crippen molar-refractivity contribution in [2.45, 2.75) is 0 Å². The van der Waals surface area contributed by atoms with Crippen molar-refractivity contribution in [3.8, 4) is 125 Å². The van der Waals surface area contributed by atoms with Crippen LogP contribution in [-0.4, -0.2) is 49.4 Å². The standard InChI is InChI=1S/C70H43N11/c71-44-45-31-33-46(34-32-45)56-40-37-55(43-59(56)70-79-66(51-27-15-5-16-28-51)74-67(80-70)52-29-17-6-18-30-52)81-60-41-53(68-75-62(47-19-7-1-8-20-47)72-63(76-68)48-21-9-2-10-22-48)35-38-57(60)58-39-36-54(42-61(58)81)69-77-64(49-23-11-3-12-24-49)73-65(78-69)50-25-13-4-14-26-50/h1-43H. The monoisotopic (exact) mass is 1040 g/mol. The molecule has 0 bridgehead atoms. The number of hydrogen-bond donors (Lipinski definition) is 0. The summed E-state index contributed by atoms with van der Waals surface area (Å²) in [7, 11) is 0. The number of nitrogens with zero attached hydrogens (tertiary/aromatic N) is 11. The summed E-state index contributed by atoms with van der Waals surface area (Å²) >= 11 is 0. The van der Waals surface area contributed by atoms with Gasteiger partial charge in [-0.3, -0.25) is 0 Å². The van der Waals surface area contributed by atoms with E-state index in [4.69, 9.17) is 44.9 Å². The van der Waals surface area contributed by atoms with E-state index in [0.29, 0.717) is 58.0 Å². The SMILES string of the molecule is N#Cc1ccc(-c2ccc(-n3c4cc(-c5nc(-c6ccccc6)nc(-c6ccccc6)n5)ccc4c4ccc(-c5nc(-c6ccccc6)nc(-c6ccccc6)n5)cc43)cc2-c2nc(-c3ccccc3)nc(-c3ccccc3)n2)cc1. The van der Waals surface area contributed by atoms with Crippen LogP contribution in [0.2, 0.25) is 0 Å². The van der Waals surface area contributed by atoms with Gasteiger partial charge >= 0.3 is 0 Å². The Morgan fingerprint density at radius 2 is 0.543 bits per heavy atom. The molecule has 14 rings (SSSR count). The van der Waals surface area contributed by atoms with E-state index in [1.165, 1.54) is 0 Å². The second-order valence-corrected chi connectivity index (χ2v) is 19.3. The van der Waals surface area contributed by atoms with Crippen LogP contribution in [0.3, 0.4) is 0 Å². The molecule has 10 aromatic carbocycles. The Bertz CT molecular complexity index is 4310. The lowest BCUT2D eigenvalue weighted by atomic mass is 9.97. The van der Waals surface area contributed by atoms with Crippen molar-refractivity contribution in [3.05, 3.63) is 266 Å². The molecule has 378 valence electrons. The molecule has 11 heteroatoms. The zero-order valence-electron chi connectivity index (χ0n) is 43.2. The maximum atomic E-state index is 9.87. The fourth-order valence-corrected chi connectivity index (χ4v) is 10.2. The third kappa shape index (κ3) is 9.41. The molecule has 0 radical (unpaired) electrons. The van der Waals surface area contributed by atoms with Crippen LogP contribution in [0.15, 0.2) is 261 Å². The Morgan fingerprint density at radius 1 is 0.247 bits per heavy atom. The van der Waals surface area contributed by atoms with Crippen molar-refractivity contribution in [2.75, 3.05) is 0 Å². The predicted octanol–water partition coefficient (Wildman–Crippen LogP) is 15.9. The van der Waals surface area contributed by atoms with Crippen molar-refractivity contribution in [1.29, 1.82) is 5.26 Å². The first-order valence-electron chi connectivity index (χ1n) is 26.4. The van der Waals surface area contributed by atoms with Crippen molar-refractivity contribution in [1.82, 2.24) is 49.4 Å². The van der Waals surface area contributed by atoms with E-state index in [-0.39, 0.29) is 0 Å². The zero-order chi connectivity index (χ0) is 54.1. The lowest BCUT2D eigenvalue weighted by Gasteiger charge is -2.16. The van der Waals surface area contributed by atoms with Gasteiger partial charge in [0.2, 0.25) is 0 Å². The van der Waals surface area contributed by atoms with Crippen LogP contribution in [0.1, 0.15) is 5.56 Å². The summed E-state index contributed by atoms with van der Waals surface area (Å²) in [5.41, 5.74) is 12.5. The van der Waals surface area contributed by atoms with Crippen molar-refractivity contribution >= 4 is 21.8 Å². The van der Waals surface area contributed by atoms with Crippen LogP contribution in [0.25, 0.3) is 141 Å². The molecule has 81 heavy (non-hydrogen) atoms. The summed E-state index contributed by atoms with van der Waals surface area (Å²) in [6.07, 6.45) is 0. The fraction of sp³-hybridized carbons (Fsp3) is 0. The first-order valence-corrected chi connectivity index (χ1v) is 26.4. The molecule has 4 heterocycles. The van der Waals surface area contributed by atoms with Crippen LogP contribution < -0.4 is 0 Å². The Morgan fingerprint density at radius 3 is 0.864 bits per heavy atom. The van der Waals surface area contributed by atoms with Crippen LogP contribution >= 0.6 is 0 Å². The Hall–Kier alpha value is -11.5.